The van der Waals surface area contributed by atoms with Crippen molar-refractivity contribution in [2.24, 2.45) is 0 Å². The predicted octanol–water partition coefficient (Wildman–Crippen LogP) is 3.52. The first-order chi connectivity index (χ1) is 15.9. The molecule has 1 N–H and O–H groups in total. The van der Waals surface area contributed by atoms with Crippen LogP contribution in [-0.2, 0) is 20.9 Å². The summed E-state index contributed by atoms with van der Waals surface area (Å²) in [5.41, 5.74) is 3.74. The molecule has 7 nitrogen and oxygen atoms in total. The Morgan fingerprint density at radius 1 is 0.758 bits per heavy atom. The Hall–Kier alpha value is -4.26. The zero-order chi connectivity index (χ0) is 23.4. The number of imide groups is 2. The van der Waals surface area contributed by atoms with Crippen LogP contribution in [0.2, 0.25) is 0 Å². The Bertz CT molecular complexity index is 1180. The monoisotopic (exact) mass is 441 g/mol. The van der Waals surface area contributed by atoms with Crippen molar-refractivity contribution in [2.75, 3.05) is 6.54 Å². The number of amides is 5. The molecule has 5 amide bonds. The van der Waals surface area contributed by atoms with Gasteiger partial charge in [-0.25, -0.2) is 9.69 Å². The zero-order valence-corrected chi connectivity index (χ0v) is 18.1. The van der Waals surface area contributed by atoms with E-state index in [0.717, 1.165) is 21.6 Å². The molecule has 0 saturated carbocycles. The summed E-state index contributed by atoms with van der Waals surface area (Å²) in [4.78, 5) is 51.3. The molecule has 1 atom stereocenters. The molecule has 1 heterocycles. The highest BCUT2D eigenvalue weighted by molar-refractivity contribution is 6.44. The summed E-state index contributed by atoms with van der Waals surface area (Å²) in [6.45, 7) is 1.28. The Kier molecular flexibility index (Phi) is 6.31. The first kappa shape index (κ1) is 22.0. The fourth-order valence-electron chi connectivity index (χ4n) is 3.70. The summed E-state index contributed by atoms with van der Waals surface area (Å²) in [6, 6.07) is 25.5. The van der Waals surface area contributed by atoms with Crippen LogP contribution in [0.25, 0.3) is 11.1 Å². The van der Waals surface area contributed by atoms with Gasteiger partial charge in [-0.1, -0.05) is 84.9 Å². The molecule has 0 bridgehead atoms. The van der Waals surface area contributed by atoms with Crippen LogP contribution in [0.3, 0.4) is 0 Å². The summed E-state index contributed by atoms with van der Waals surface area (Å²) >= 11 is 0. The zero-order valence-electron chi connectivity index (χ0n) is 18.1. The van der Waals surface area contributed by atoms with Gasteiger partial charge < -0.3 is 5.32 Å². The molecule has 4 rings (SSSR count). The number of carbonyl (C=O) groups excluding carboxylic acids is 4. The molecule has 0 unspecified atom stereocenters. The topological polar surface area (TPSA) is 86.8 Å². The van der Waals surface area contributed by atoms with E-state index in [1.54, 1.807) is 24.3 Å². The molecule has 1 aliphatic heterocycles. The predicted molar refractivity (Wildman–Crippen MR) is 123 cm³/mol. The highest BCUT2D eigenvalue weighted by Gasteiger charge is 2.45. The molecule has 1 fully saturated rings. The molecular weight excluding hydrogens is 418 g/mol. The van der Waals surface area contributed by atoms with E-state index in [-0.39, 0.29) is 12.6 Å². The van der Waals surface area contributed by atoms with Crippen LogP contribution in [0.15, 0.2) is 84.9 Å². The lowest BCUT2D eigenvalue weighted by atomic mass is 10.0. The van der Waals surface area contributed by atoms with Crippen molar-refractivity contribution < 1.29 is 19.2 Å². The molecule has 3 aromatic rings. The van der Waals surface area contributed by atoms with Gasteiger partial charge in [0.2, 0.25) is 5.91 Å². The van der Waals surface area contributed by atoms with Gasteiger partial charge in [0.25, 0.3) is 0 Å². The number of hydrogen-bond donors (Lipinski definition) is 1. The molecule has 166 valence electrons. The fourth-order valence-corrected chi connectivity index (χ4v) is 3.70. The fraction of sp³-hybridized carbons (Fsp3) is 0.154. The number of urea groups is 1. The largest absolute Gasteiger partial charge is 0.348 e. The van der Waals surface area contributed by atoms with Crippen molar-refractivity contribution in [3.05, 3.63) is 96.1 Å². The smallest absolute Gasteiger partial charge is 0.335 e. The molecule has 3 aromatic carbocycles. The molecule has 1 aliphatic rings. The maximum Gasteiger partial charge on any atom is 0.335 e. The highest BCUT2D eigenvalue weighted by Crippen LogP contribution is 2.22. The standard InChI is InChI=1S/C26H23N3O4/c1-18(20-12-14-22(15-13-20)21-10-6-3-7-11-21)27-23(30)17-29-25(32)24(31)28(26(29)33)16-19-8-4-2-5-9-19/h2-15,18H,16-17H2,1H3,(H,27,30)/t18-/m1/s1. The third-order valence-corrected chi connectivity index (χ3v) is 5.52. The van der Waals surface area contributed by atoms with Gasteiger partial charge in [0.05, 0.1) is 12.6 Å². The first-order valence-corrected chi connectivity index (χ1v) is 10.6. The van der Waals surface area contributed by atoms with E-state index in [1.165, 1.54) is 0 Å². The minimum Gasteiger partial charge on any atom is -0.348 e. The van der Waals surface area contributed by atoms with E-state index < -0.39 is 30.3 Å². The van der Waals surface area contributed by atoms with Crippen LogP contribution in [-0.4, -0.2) is 40.1 Å². The van der Waals surface area contributed by atoms with Gasteiger partial charge in [-0.05, 0) is 29.2 Å². The van der Waals surface area contributed by atoms with Crippen molar-refractivity contribution >= 4 is 23.8 Å². The lowest BCUT2D eigenvalue weighted by molar-refractivity contribution is -0.144. The van der Waals surface area contributed by atoms with E-state index in [9.17, 15) is 19.2 Å². The van der Waals surface area contributed by atoms with E-state index in [2.05, 4.69) is 5.32 Å². The minimum absolute atomic E-state index is 0.0213. The number of nitrogens with zero attached hydrogens (tertiary/aromatic N) is 2. The Morgan fingerprint density at radius 2 is 1.30 bits per heavy atom. The Morgan fingerprint density at radius 3 is 1.94 bits per heavy atom. The summed E-state index contributed by atoms with van der Waals surface area (Å²) in [6.07, 6.45) is 0. The van der Waals surface area contributed by atoms with Crippen LogP contribution in [0.1, 0.15) is 24.1 Å². The maximum atomic E-state index is 12.6. The Labute approximate surface area is 191 Å². The van der Waals surface area contributed by atoms with Crippen LogP contribution >= 0.6 is 0 Å². The molecule has 0 radical (unpaired) electrons. The Balaban J connectivity index is 1.37. The lowest BCUT2D eigenvalue weighted by Crippen LogP contribution is -2.42. The average Bonchev–Trinajstić information content (AvgIpc) is 3.03. The van der Waals surface area contributed by atoms with Gasteiger partial charge in [0, 0.05) is 0 Å². The maximum absolute atomic E-state index is 12.6. The summed E-state index contributed by atoms with van der Waals surface area (Å²) < 4.78 is 0. The summed E-state index contributed by atoms with van der Waals surface area (Å²) in [5, 5.41) is 2.79. The molecule has 0 aromatic heterocycles. The van der Waals surface area contributed by atoms with Gasteiger partial charge in [0.1, 0.15) is 6.54 Å². The molecule has 33 heavy (non-hydrogen) atoms. The van der Waals surface area contributed by atoms with Crippen LogP contribution in [0.5, 0.6) is 0 Å². The first-order valence-electron chi connectivity index (χ1n) is 10.6. The van der Waals surface area contributed by atoms with Gasteiger partial charge in [-0.3, -0.25) is 19.3 Å². The van der Waals surface area contributed by atoms with Crippen molar-refractivity contribution in [1.82, 2.24) is 15.1 Å². The van der Waals surface area contributed by atoms with E-state index in [0.29, 0.717) is 10.5 Å². The second-order valence-corrected chi connectivity index (χ2v) is 7.83. The van der Waals surface area contributed by atoms with Crippen molar-refractivity contribution in [2.45, 2.75) is 19.5 Å². The van der Waals surface area contributed by atoms with Crippen molar-refractivity contribution in [3.63, 3.8) is 0 Å². The van der Waals surface area contributed by atoms with E-state index in [4.69, 9.17) is 0 Å². The van der Waals surface area contributed by atoms with Gasteiger partial charge in [0.15, 0.2) is 0 Å². The number of carbonyl (C=O) groups is 4. The normalized spacial score (nSPS) is 14.5. The second kappa shape index (κ2) is 9.48. The number of rotatable bonds is 7. The molecular formula is C26H23N3O4. The summed E-state index contributed by atoms with van der Waals surface area (Å²) in [7, 11) is 0. The highest BCUT2D eigenvalue weighted by atomic mass is 16.2. The molecule has 0 spiro atoms. The van der Waals surface area contributed by atoms with E-state index >= 15 is 0 Å². The lowest BCUT2D eigenvalue weighted by Gasteiger charge is -2.18. The average molecular weight is 441 g/mol. The van der Waals surface area contributed by atoms with Gasteiger partial charge in [-0.15, -0.1) is 0 Å². The third-order valence-electron chi connectivity index (χ3n) is 5.52. The number of hydrogen-bond acceptors (Lipinski definition) is 4. The van der Waals surface area contributed by atoms with Crippen LogP contribution in [0, 0.1) is 0 Å². The van der Waals surface area contributed by atoms with Gasteiger partial charge in [-0.2, -0.15) is 0 Å². The van der Waals surface area contributed by atoms with Crippen LogP contribution < -0.4 is 5.32 Å². The second-order valence-electron chi connectivity index (χ2n) is 7.83. The molecule has 0 aliphatic carbocycles. The van der Waals surface area contributed by atoms with E-state index in [1.807, 2.05) is 67.6 Å². The summed E-state index contributed by atoms with van der Waals surface area (Å²) in [5.74, 6) is -2.45. The number of nitrogens with one attached hydrogen (secondary N) is 1. The SMILES string of the molecule is C[C@@H](NC(=O)CN1C(=O)C(=O)N(Cc2ccccc2)C1=O)c1ccc(-c2ccccc2)cc1. The molecule has 1 saturated heterocycles. The van der Waals surface area contributed by atoms with Gasteiger partial charge >= 0.3 is 17.8 Å². The quantitative estimate of drug-likeness (QED) is 0.449. The minimum atomic E-state index is -0.994. The third kappa shape index (κ3) is 4.82. The molecule has 7 heteroatoms. The van der Waals surface area contributed by atoms with Crippen LogP contribution in [0.4, 0.5) is 4.79 Å². The van der Waals surface area contributed by atoms with Crippen molar-refractivity contribution in [1.29, 1.82) is 0 Å². The van der Waals surface area contributed by atoms with Crippen molar-refractivity contribution in [3.8, 4) is 11.1 Å². The number of benzene rings is 3.